The van der Waals surface area contributed by atoms with E-state index in [0.29, 0.717) is 27.1 Å². The number of nitrogens with two attached hydrogens (primary N) is 1. The molecule has 1 aromatic heterocycles. The second-order valence-electron chi connectivity index (χ2n) is 6.49. The van der Waals surface area contributed by atoms with E-state index in [0.717, 1.165) is 43.9 Å². The smallest absolute Gasteiger partial charge is 0.152 e. The molecule has 0 amide bonds. The molecule has 7 heteroatoms. The van der Waals surface area contributed by atoms with Crippen LogP contribution in [0.3, 0.4) is 0 Å². The van der Waals surface area contributed by atoms with Gasteiger partial charge in [-0.3, -0.25) is 0 Å². The molecule has 0 unspecified atom stereocenters. The lowest BCUT2D eigenvalue weighted by molar-refractivity contribution is 0.366. The van der Waals surface area contributed by atoms with E-state index in [1.165, 1.54) is 0 Å². The molecule has 1 aromatic carbocycles. The van der Waals surface area contributed by atoms with Gasteiger partial charge in [0.05, 0.1) is 16.2 Å². The van der Waals surface area contributed by atoms with E-state index in [9.17, 15) is 0 Å². The van der Waals surface area contributed by atoms with Gasteiger partial charge in [0, 0.05) is 29.8 Å². The van der Waals surface area contributed by atoms with Crippen molar-refractivity contribution in [2.75, 3.05) is 23.7 Å². The normalized spacial score (nSPS) is 22.9. The van der Waals surface area contributed by atoms with Crippen molar-refractivity contribution in [1.29, 1.82) is 5.41 Å². The minimum Gasteiger partial charge on any atom is -0.382 e. The molecule has 124 valence electrons. The fourth-order valence-electron chi connectivity index (χ4n) is 3.56. The summed E-state index contributed by atoms with van der Waals surface area (Å²) in [6.45, 7) is 1.71. The zero-order chi connectivity index (χ0) is 16.9. The highest BCUT2D eigenvalue weighted by Gasteiger charge is 2.47. The molecule has 1 aliphatic carbocycles. The van der Waals surface area contributed by atoms with E-state index in [-0.39, 0.29) is 5.41 Å². The SMILES string of the molecule is N=C1CC[C@@]12CCN(c1cnc(-c3cccc(Cl)c3Cl)c(N)n1)C2. The fourth-order valence-corrected chi connectivity index (χ4v) is 3.95. The summed E-state index contributed by atoms with van der Waals surface area (Å²) in [4.78, 5) is 11.2. The first-order valence-electron chi connectivity index (χ1n) is 7.90. The molecule has 1 saturated heterocycles. The standard InChI is InChI=1S/C17H17Cl2N5/c18-11-3-1-2-10(14(11)19)15-16(21)23-13(8-22-15)24-7-6-17(9-24)5-4-12(17)20/h1-3,8,20H,4-7,9H2,(H2,21,23)/t17-/m0/s1. The van der Waals surface area contributed by atoms with E-state index in [2.05, 4.69) is 14.9 Å². The Morgan fingerprint density at radius 3 is 2.71 bits per heavy atom. The molecule has 2 aromatic rings. The summed E-state index contributed by atoms with van der Waals surface area (Å²) in [6, 6.07) is 5.36. The number of benzene rings is 1. The van der Waals surface area contributed by atoms with Crippen LogP contribution in [0, 0.1) is 10.8 Å². The van der Waals surface area contributed by atoms with Gasteiger partial charge < -0.3 is 16.0 Å². The Balaban J connectivity index is 1.63. The lowest BCUT2D eigenvalue weighted by Crippen LogP contribution is -2.42. The molecule has 1 spiro atoms. The maximum absolute atomic E-state index is 8.05. The van der Waals surface area contributed by atoms with Crippen LogP contribution >= 0.6 is 23.2 Å². The first-order chi connectivity index (χ1) is 11.5. The summed E-state index contributed by atoms with van der Waals surface area (Å²) in [7, 11) is 0. The predicted molar refractivity (Wildman–Crippen MR) is 98.1 cm³/mol. The van der Waals surface area contributed by atoms with E-state index >= 15 is 0 Å². The van der Waals surface area contributed by atoms with Gasteiger partial charge in [0.1, 0.15) is 11.5 Å². The highest BCUT2D eigenvalue weighted by molar-refractivity contribution is 6.43. The first-order valence-corrected chi connectivity index (χ1v) is 8.65. The highest BCUT2D eigenvalue weighted by atomic mass is 35.5. The van der Waals surface area contributed by atoms with Crippen LogP contribution in [-0.2, 0) is 0 Å². The highest BCUT2D eigenvalue weighted by Crippen LogP contribution is 2.46. The average Bonchev–Trinajstić information content (AvgIpc) is 3.04. The summed E-state index contributed by atoms with van der Waals surface area (Å²) in [6.07, 6.45) is 4.76. The molecule has 2 aliphatic rings. The van der Waals surface area contributed by atoms with Crippen LogP contribution in [-0.4, -0.2) is 28.8 Å². The van der Waals surface area contributed by atoms with Gasteiger partial charge in [-0.15, -0.1) is 0 Å². The number of halogens is 2. The van der Waals surface area contributed by atoms with Gasteiger partial charge in [-0.2, -0.15) is 0 Å². The number of nitrogens with zero attached hydrogens (tertiary/aromatic N) is 3. The minimum absolute atomic E-state index is 0.0609. The summed E-state index contributed by atoms with van der Waals surface area (Å²) < 4.78 is 0. The van der Waals surface area contributed by atoms with Gasteiger partial charge in [-0.05, 0) is 25.3 Å². The van der Waals surface area contributed by atoms with Crippen LogP contribution in [0.25, 0.3) is 11.3 Å². The fraction of sp³-hybridized carbons (Fsp3) is 0.353. The van der Waals surface area contributed by atoms with Crippen LogP contribution in [0.1, 0.15) is 19.3 Å². The molecular weight excluding hydrogens is 345 g/mol. The molecule has 1 aliphatic heterocycles. The third kappa shape index (κ3) is 2.34. The number of anilines is 2. The van der Waals surface area contributed by atoms with Crippen molar-refractivity contribution in [3.05, 3.63) is 34.4 Å². The van der Waals surface area contributed by atoms with Crippen LogP contribution in [0.15, 0.2) is 24.4 Å². The van der Waals surface area contributed by atoms with Crippen molar-refractivity contribution in [3.63, 3.8) is 0 Å². The molecule has 2 fully saturated rings. The summed E-state index contributed by atoms with van der Waals surface area (Å²) in [5.41, 5.74) is 8.29. The molecule has 0 radical (unpaired) electrons. The van der Waals surface area contributed by atoms with Crippen molar-refractivity contribution in [1.82, 2.24) is 9.97 Å². The molecule has 1 atom stereocenters. The van der Waals surface area contributed by atoms with Gasteiger partial charge in [0.15, 0.2) is 5.82 Å². The third-order valence-corrected chi connectivity index (χ3v) is 5.98. The van der Waals surface area contributed by atoms with Gasteiger partial charge in [0.25, 0.3) is 0 Å². The number of rotatable bonds is 2. The van der Waals surface area contributed by atoms with E-state index in [1.54, 1.807) is 12.3 Å². The Labute approximate surface area is 150 Å². The number of aromatic nitrogens is 2. The van der Waals surface area contributed by atoms with Gasteiger partial charge >= 0.3 is 0 Å². The molecule has 2 heterocycles. The molecule has 0 bridgehead atoms. The third-order valence-electron chi connectivity index (χ3n) is 5.16. The topological polar surface area (TPSA) is 78.9 Å². The van der Waals surface area contributed by atoms with E-state index < -0.39 is 0 Å². The zero-order valence-electron chi connectivity index (χ0n) is 13.0. The van der Waals surface area contributed by atoms with Crippen LogP contribution in [0.5, 0.6) is 0 Å². The lowest BCUT2D eigenvalue weighted by atomic mass is 9.66. The maximum Gasteiger partial charge on any atom is 0.152 e. The molecule has 3 N–H and O–H groups in total. The largest absolute Gasteiger partial charge is 0.382 e. The average molecular weight is 362 g/mol. The Kier molecular flexibility index (Phi) is 3.66. The molecule has 5 nitrogen and oxygen atoms in total. The van der Waals surface area contributed by atoms with E-state index in [4.69, 9.17) is 34.3 Å². The minimum atomic E-state index is 0.0609. The Hall–Kier alpha value is -1.85. The van der Waals surface area contributed by atoms with Crippen LogP contribution < -0.4 is 10.6 Å². The predicted octanol–water partition coefficient (Wildman–Crippen LogP) is 4.04. The summed E-state index contributed by atoms with van der Waals surface area (Å²) in [5.74, 6) is 1.09. The Bertz CT molecular complexity index is 838. The van der Waals surface area contributed by atoms with Gasteiger partial charge in [-0.1, -0.05) is 35.3 Å². The number of nitrogens with one attached hydrogen (secondary N) is 1. The Morgan fingerprint density at radius 1 is 1.25 bits per heavy atom. The second kappa shape index (κ2) is 5.60. The van der Waals surface area contributed by atoms with Gasteiger partial charge in [0.2, 0.25) is 0 Å². The number of hydrogen-bond acceptors (Lipinski definition) is 5. The second-order valence-corrected chi connectivity index (χ2v) is 7.28. The van der Waals surface area contributed by atoms with Crippen molar-refractivity contribution in [2.45, 2.75) is 19.3 Å². The van der Waals surface area contributed by atoms with E-state index in [1.807, 2.05) is 12.1 Å². The van der Waals surface area contributed by atoms with Crippen molar-refractivity contribution >= 4 is 40.5 Å². The maximum atomic E-state index is 8.05. The Morgan fingerprint density at radius 2 is 2.08 bits per heavy atom. The molecule has 24 heavy (non-hydrogen) atoms. The molecule has 4 rings (SSSR count). The molecular formula is C17H17Cl2N5. The summed E-state index contributed by atoms with van der Waals surface area (Å²) >= 11 is 12.3. The first kappa shape index (κ1) is 15.7. The lowest BCUT2D eigenvalue weighted by Gasteiger charge is -2.39. The monoisotopic (exact) mass is 361 g/mol. The quantitative estimate of drug-likeness (QED) is 0.845. The number of hydrogen-bond donors (Lipinski definition) is 2. The van der Waals surface area contributed by atoms with Crippen molar-refractivity contribution in [2.24, 2.45) is 5.41 Å². The summed E-state index contributed by atoms with van der Waals surface area (Å²) in [5, 5.41) is 8.93. The number of nitrogen functional groups attached to an aromatic ring is 1. The molecule has 1 saturated carbocycles. The van der Waals surface area contributed by atoms with Crippen molar-refractivity contribution < 1.29 is 0 Å². The zero-order valence-corrected chi connectivity index (χ0v) is 14.5. The van der Waals surface area contributed by atoms with Gasteiger partial charge in [-0.25, -0.2) is 9.97 Å². The van der Waals surface area contributed by atoms with Crippen LogP contribution in [0.2, 0.25) is 10.0 Å². The van der Waals surface area contributed by atoms with Crippen LogP contribution in [0.4, 0.5) is 11.6 Å². The van der Waals surface area contributed by atoms with Crippen molar-refractivity contribution in [3.8, 4) is 11.3 Å².